The van der Waals surface area contributed by atoms with Gasteiger partial charge in [-0.05, 0) is 42.7 Å². The number of hydrogen-bond acceptors (Lipinski definition) is 3. The van der Waals surface area contributed by atoms with E-state index in [1.54, 1.807) is 13.2 Å². The Kier molecular flexibility index (Phi) is 5.98. The average molecular weight is 248 g/mol. The van der Waals surface area contributed by atoms with Crippen LogP contribution in [0.15, 0.2) is 24.3 Å². The highest BCUT2D eigenvalue weighted by Gasteiger charge is 1.99. The lowest BCUT2D eigenvalue weighted by Crippen LogP contribution is -2.01. The van der Waals surface area contributed by atoms with Gasteiger partial charge in [-0.25, -0.2) is 4.79 Å². The number of aryl methyl sites for hydroxylation is 1. The van der Waals surface area contributed by atoms with Crippen LogP contribution in [0, 0.1) is 6.92 Å². The Morgan fingerprint density at radius 3 is 2.78 bits per heavy atom. The minimum Gasteiger partial charge on any atom is -0.497 e. The van der Waals surface area contributed by atoms with Crippen molar-refractivity contribution in [2.24, 2.45) is 0 Å². The first kappa shape index (κ1) is 14.3. The Morgan fingerprint density at radius 2 is 2.17 bits per heavy atom. The highest BCUT2D eigenvalue weighted by molar-refractivity contribution is 5.87. The molecule has 3 nitrogen and oxygen atoms in total. The molecule has 18 heavy (non-hydrogen) atoms. The highest BCUT2D eigenvalue weighted by Crippen LogP contribution is 2.17. The van der Waals surface area contributed by atoms with Crippen LogP contribution in [0.2, 0.25) is 0 Å². The van der Waals surface area contributed by atoms with Gasteiger partial charge in [-0.15, -0.1) is 0 Å². The number of esters is 1. The van der Waals surface area contributed by atoms with Crippen molar-refractivity contribution in [3.63, 3.8) is 0 Å². The van der Waals surface area contributed by atoms with Crippen LogP contribution in [0.25, 0.3) is 6.08 Å². The van der Waals surface area contributed by atoms with Crippen molar-refractivity contribution < 1.29 is 14.3 Å². The molecule has 0 atom stereocenters. The molecule has 1 rings (SSSR count). The van der Waals surface area contributed by atoms with Crippen LogP contribution >= 0.6 is 0 Å². The normalized spacial score (nSPS) is 10.6. The summed E-state index contributed by atoms with van der Waals surface area (Å²) >= 11 is 0. The van der Waals surface area contributed by atoms with Gasteiger partial charge in [-0.2, -0.15) is 0 Å². The second kappa shape index (κ2) is 7.54. The van der Waals surface area contributed by atoms with Crippen LogP contribution in [0.5, 0.6) is 5.75 Å². The first-order valence-corrected chi connectivity index (χ1v) is 6.17. The van der Waals surface area contributed by atoms with Crippen LogP contribution in [0.3, 0.4) is 0 Å². The number of benzene rings is 1. The fraction of sp³-hybridized carbons (Fsp3) is 0.400. The third kappa shape index (κ3) is 4.62. The number of carbonyl (C=O) groups excluding carboxylic acids is 1. The van der Waals surface area contributed by atoms with E-state index in [1.807, 2.05) is 25.1 Å². The van der Waals surface area contributed by atoms with E-state index >= 15 is 0 Å². The minimum atomic E-state index is -0.293. The molecule has 0 saturated carbocycles. The van der Waals surface area contributed by atoms with E-state index in [-0.39, 0.29) is 5.97 Å². The monoisotopic (exact) mass is 248 g/mol. The average Bonchev–Trinajstić information content (AvgIpc) is 2.37. The van der Waals surface area contributed by atoms with E-state index in [0.717, 1.165) is 29.7 Å². The topological polar surface area (TPSA) is 35.5 Å². The van der Waals surface area contributed by atoms with Crippen molar-refractivity contribution in [3.8, 4) is 5.75 Å². The van der Waals surface area contributed by atoms with Gasteiger partial charge in [0.05, 0.1) is 13.7 Å². The van der Waals surface area contributed by atoms with E-state index < -0.39 is 0 Å². The SMILES string of the molecule is CCCCOC(=O)C=Cc1ccc(OC)cc1C. The second-order valence-corrected chi connectivity index (χ2v) is 4.08. The molecular weight excluding hydrogens is 228 g/mol. The van der Waals surface area contributed by atoms with E-state index in [9.17, 15) is 4.79 Å². The van der Waals surface area contributed by atoms with Crippen molar-refractivity contribution in [2.75, 3.05) is 13.7 Å². The number of carbonyl (C=O) groups is 1. The van der Waals surface area contributed by atoms with E-state index in [1.165, 1.54) is 6.08 Å². The van der Waals surface area contributed by atoms with Crippen LogP contribution in [0.1, 0.15) is 30.9 Å². The predicted octanol–water partition coefficient (Wildman–Crippen LogP) is 3.36. The summed E-state index contributed by atoms with van der Waals surface area (Å²) in [7, 11) is 1.63. The largest absolute Gasteiger partial charge is 0.497 e. The molecule has 0 aliphatic heterocycles. The van der Waals surface area contributed by atoms with Crippen LogP contribution in [-0.4, -0.2) is 19.7 Å². The van der Waals surface area contributed by atoms with Crippen LogP contribution in [-0.2, 0) is 9.53 Å². The van der Waals surface area contributed by atoms with Gasteiger partial charge in [0.1, 0.15) is 5.75 Å². The minimum absolute atomic E-state index is 0.293. The summed E-state index contributed by atoms with van der Waals surface area (Å²) in [6.45, 7) is 4.52. The molecule has 0 heterocycles. The predicted molar refractivity (Wildman–Crippen MR) is 72.6 cm³/mol. The number of hydrogen-bond donors (Lipinski definition) is 0. The van der Waals surface area contributed by atoms with Gasteiger partial charge in [0.2, 0.25) is 0 Å². The molecule has 0 fully saturated rings. The Bertz CT molecular complexity index is 422. The first-order valence-electron chi connectivity index (χ1n) is 6.17. The quantitative estimate of drug-likeness (QED) is 0.440. The van der Waals surface area contributed by atoms with Crippen LogP contribution < -0.4 is 4.74 Å². The first-order chi connectivity index (χ1) is 8.67. The number of rotatable bonds is 6. The van der Waals surface area contributed by atoms with Gasteiger partial charge in [0.25, 0.3) is 0 Å². The van der Waals surface area contributed by atoms with E-state index in [4.69, 9.17) is 9.47 Å². The third-order valence-electron chi connectivity index (χ3n) is 2.62. The molecule has 3 heteroatoms. The Balaban J connectivity index is 2.58. The molecule has 0 bridgehead atoms. The molecule has 1 aromatic rings. The molecule has 0 radical (unpaired) electrons. The molecule has 0 aromatic heterocycles. The van der Waals surface area contributed by atoms with Crippen molar-refractivity contribution in [3.05, 3.63) is 35.4 Å². The van der Waals surface area contributed by atoms with Gasteiger partial charge in [0.15, 0.2) is 0 Å². The standard InChI is InChI=1S/C15H20O3/c1-4-5-10-18-15(16)9-7-13-6-8-14(17-3)11-12(13)2/h6-9,11H,4-5,10H2,1-3H3. The van der Waals surface area contributed by atoms with Crippen molar-refractivity contribution in [2.45, 2.75) is 26.7 Å². The van der Waals surface area contributed by atoms with Crippen molar-refractivity contribution >= 4 is 12.0 Å². The highest BCUT2D eigenvalue weighted by atomic mass is 16.5. The summed E-state index contributed by atoms with van der Waals surface area (Å²) in [5.74, 6) is 0.522. The summed E-state index contributed by atoms with van der Waals surface area (Å²) in [5.41, 5.74) is 2.05. The van der Waals surface area contributed by atoms with E-state index in [0.29, 0.717) is 6.61 Å². The summed E-state index contributed by atoms with van der Waals surface area (Å²) in [6.07, 6.45) is 5.16. The summed E-state index contributed by atoms with van der Waals surface area (Å²) in [4.78, 5) is 11.4. The molecule has 1 aromatic carbocycles. The molecule has 0 saturated heterocycles. The zero-order chi connectivity index (χ0) is 13.4. The molecule has 0 unspecified atom stereocenters. The molecule has 98 valence electrons. The van der Waals surface area contributed by atoms with Gasteiger partial charge in [-0.1, -0.05) is 19.4 Å². The van der Waals surface area contributed by atoms with E-state index in [2.05, 4.69) is 6.92 Å². The molecule has 0 aliphatic rings. The molecule has 0 amide bonds. The smallest absolute Gasteiger partial charge is 0.330 e. The third-order valence-corrected chi connectivity index (χ3v) is 2.62. The molecular formula is C15H20O3. The number of unbranched alkanes of at least 4 members (excludes halogenated alkanes) is 1. The zero-order valence-corrected chi connectivity index (χ0v) is 11.2. The van der Waals surface area contributed by atoms with Gasteiger partial charge in [-0.3, -0.25) is 0 Å². The molecule has 0 spiro atoms. The Hall–Kier alpha value is -1.77. The Labute approximate surface area is 108 Å². The van der Waals surface area contributed by atoms with Crippen molar-refractivity contribution in [1.82, 2.24) is 0 Å². The maximum atomic E-state index is 11.4. The molecule has 0 aliphatic carbocycles. The van der Waals surface area contributed by atoms with Gasteiger partial charge >= 0.3 is 5.97 Å². The maximum Gasteiger partial charge on any atom is 0.330 e. The maximum absolute atomic E-state index is 11.4. The fourth-order valence-electron chi connectivity index (χ4n) is 1.49. The van der Waals surface area contributed by atoms with Crippen LogP contribution in [0.4, 0.5) is 0 Å². The Morgan fingerprint density at radius 1 is 1.39 bits per heavy atom. The summed E-state index contributed by atoms with van der Waals surface area (Å²) in [6, 6.07) is 5.72. The van der Waals surface area contributed by atoms with Gasteiger partial charge < -0.3 is 9.47 Å². The molecule has 0 N–H and O–H groups in total. The fourth-order valence-corrected chi connectivity index (χ4v) is 1.49. The lowest BCUT2D eigenvalue weighted by molar-refractivity contribution is -0.137. The van der Waals surface area contributed by atoms with Crippen molar-refractivity contribution in [1.29, 1.82) is 0 Å². The number of methoxy groups -OCH3 is 1. The zero-order valence-electron chi connectivity index (χ0n) is 11.2. The lowest BCUT2D eigenvalue weighted by atomic mass is 10.1. The summed E-state index contributed by atoms with van der Waals surface area (Å²) < 4.78 is 10.2. The number of ether oxygens (including phenoxy) is 2. The summed E-state index contributed by atoms with van der Waals surface area (Å²) in [5, 5.41) is 0. The van der Waals surface area contributed by atoms with Gasteiger partial charge in [0, 0.05) is 6.08 Å². The lowest BCUT2D eigenvalue weighted by Gasteiger charge is -2.04. The second-order valence-electron chi connectivity index (χ2n) is 4.08.